The fraction of sp³-hybridized carbons (Fsp3) is 0.167. The predicted molar refractivity (Wildman–Crippen MR) is 61.6 cm³/mol. The maximum absolute atomic E-state index is 11.4. The molecule has 5 nitrogen and oxygen atoms in total. The van der Waals surface area contributed by atoms with E-state index < -0.39 is 5.97 Å². The smallest absolute Gasteiger partial charge is 0.359 e. The van der Waals surface area contributed by atoms with Crippen LogP contribution in [0, 0.1) is 0 Å². The SMILES string of the molecule is C=C(NC(C)=O)C(=O)Oc1ccc(OC)cc1. The van der Waals surface area contributed by atoms with Gasteiger partial charge >= 0.3 is 5.97 Å². The number of rotatable bonds is 4. The largest absolute Gasteiger partial charge is 0.497 e. The van der Waals surface area contributed by atoms with Gasteiger partial charge in [0, 0.05) is 6.92 Å². The summed E-state index contributed by atoms with van der Waals surface area (Å²) in [5.74, 6) is -0.0696. The lowest BCUT2D eigenvalue weighted by Gasteiger charge is -2.07. The van der Waals surface area contributed by atoms with Crippen molar-refractivity contribution in [3.8, 4) is 11.5 Å². The topological polar surface area (TPSA) is 64.6 Å². The van der Waals surface area contributed by atoms with E-state index in [9.17, 15) is 9.59 Å². The quantitative estimate of drug-likeness (QED) is 0.484. The number of ether oxygens (including phenoxy) is 2. The zero-order valence-electron chi connectivity index (χ0n) is 9.65. The van der Waals surface area contributed by atoms with E-state index >= 15 is 0 Å². The molecule has 0 aliphatic rings. The van der Waals surface area contributed by atoms with Crippen molar-refractivity contribution in [3.05, 3.63) is 36.5 Å². The Morgan fingerprint density at radius 1 is 1.18 bits per heavy atom. The van der Waals surface area contributed by atoms with E-state index in [2.05, 4.69) is 11.9 Å². The summed E-state index contributed by atoms with van der Waals surface area (Å²) in [6.07, 6.45) is 0. The van der Waals surface area contributed by atoms with Crippen LogP contribution >= 0.6 is 0 Å². The summed E-state index contributed by atoms with van der Waals surface area (Å²) < 4.78 is 9.93. The molecule has 0 radical (unpaired) electrons. The van der Waals surface area contributed by atoms with Crippen molar-refractivity contribution >= 4 is 11.9 Å². The minimum atomic E-state index is -0.703. The third-order valence-electron chi connectivity index (χ3n) is 1.84. The molecule has 90 valence electrons. The van der Waals surface area contributed by atoms with Crippen LogP contribution in [0.2, 0.25) is 0 Å². The Bertz CT molecular complexity index is 436. The Labute approximate surface area is 99.0 Å². The van der Waals surface area contributed by atoms with Crippen molar-refractivity contribution in [3.63, 3.8) is 0 Å². The van der Waals surface area contributed by atoms with Crippen molar-refractivity contribution in [1.29, 1.82) is 0 Å². The first-order valence-electron chi connectivity index (χ1n) is 4.85. The van der Waals surface area contributed by atoms with Gasteiger partial charge in [-0.15, -0.1) is 0 Å². The summed E-state index contributed by atoms with van der Waals surface area (Å²) in [4.78, 5) is 22.1. The zero-order chi connectivity index (χ0) is 12.8. The molecule has 1 amide bonds. The number of carbonyl (C=O) groups is 2. The van der Waals surface area contributed by atoms with Crippen LogP contribution in [0.4, 0.5) is 0 Å². The van der Waals surface area contributed by atoms with Gasteiger partial charge in [-0.2, -0.15) is 0 Å². The van der Waals surface area contributed by atoms with E-state index in [0.717, 1.165) is 0 Å². The van der Waals surface area contributed by atoms with Gasteiger partial charge in [0.15, 0.2) is 0 Å². The zero-order valence-corrected chi connectivity index (χ0v) is 9.65. The molecule has 0 heterocycles. The van der Waals surface area contributed by atoms with Gasteiger partial charge in [-0.05, 0) is 24.3 Å². The molecule has 5 heteroatoms. The second-order valence-corrected chi connectivity index (χ2v) is 3.22. The number of hydrogen-bond acceptors (Lipinski definition) is 4. The van der Waals surface area contributed by atoms with E-state index in [0.29, 0.717) is 11.5 Å². The van der Waals surface area contributed by atoms with E-state index in [4.69, 9.17) is 9.47 Å². The minimum Gasteiger partial charge on any atom is -0.497 e. The summed E-state index contributed by atoms with van der Waals surface area (Å²) >= 11 is 0. The monoisotopic (exact) mass is 235 g/mol. The van der Waals surface area contributed by atoms with Gasteiger partial charge < -0.3 is 14.8 Å². The Kier molecular flexibility index (Phi) is 4.28. The van der Waals surface area contributed by atoms with Crippen molar-refractivity contribution in [1.82, 2.24) is 5.32 Å². The predicted octanol–water partition coefficient (Wildman–Crippen LogP) is 1.25. The van der Waals surface area contributed by atoms with Crippen LogP contribution in [0.25, 0.3) is 0 Å². The summed E-state index contributed by atoms with van der Waals surface area (Å²) in [6.45, 7) is 4.68. The van der Waals surface area contributed by atoms with Gasteiger partial charge in [-0.3, -0.25) is 4.79 Å². The highest BCUT2D eigenvalue weighted by atomic mass is 16.5. The standard InChI is InChI=1S/C12H13NO4/c1-8(13-9(2)14)12(15)17-11-6-4-10(16-3)5-7-11/h4-7H,1H2,2-3H3,(H,13,14). The molecular formula is C12H13NO4. The first kappa shape index (κ1) is 12.8. The highest BCUT2D eigenvalue weighted by molar-refractivity contribution is 5.93. The minimum absolute atomic E-state index is 0.103. The molecule has 0 spiro atoms. The first-order valence-corrected chi connectivity index (χ1v) is 4.85. The number of carbonyl (C=O) groups excluding carboxylic acids is 2. The van der Waals surface area contributed by atoms with Crippen LogP contribution < -0.4 is 14.8 Å². The molecule has 0 bridgehead atoms. The average Bonchev–Trinajstić information content (AvgIpc) is 2.29. The lowest BCUT2D eigenvalue weighted by molar-refractivity contribution is -0.132. The number of hydrogen-bond donors (Lipinski definition) is 1. The molecule has 0 saturated heterocycles. The molecule has 0 saturated carbocycles. The second kappa shape index (κ2) is 5.69. The molecule has 1 rings (SSSR count). The van der Waals surface area contributed by atoms with Gasteiger partial charge in [0.05, 0.1) is 7.11 Å². The Hall–Kier alpha value is -2.30. The van der Waals surface area contributed by atoms with E-state index in [-0.39, 0.29) is 11.6 Å². The number of methoxy groups -OCH3 is 1. The highest BCUT2D eigenvalue weighted by Crippen LogP contribution is 2.17. The van der Waals surface area contributed by atoms with E-state index in [1.54, 1.807) is 31.4 Å². The molecule has 0 fully saturated rings. The summed E-state index contributed by atoms with van der Waals surface area (Å²) in [5.41, 5.74) is -0.103. The van der Waals surface area contributed by atoms with Gasteiger partial charge in [0.1, 0.15) is 17.2 Å². The first-order chi connectivity index (χ1) is 8.02. The number of nitrogens with one attached hydrogen (secondary N) is 1. The van der Waals surface area contributed by atoms with Crippen LogP contribution in [-0.2, 0) is 9.59 Å². The number of amides is 1. The lowest BCUT2D eigenvalue weighted by atomic mass is 10.3. The van der Waals surface area contributed by atoms with E-state index in [1.165, 1.54) is 6.92 Å². The Morgan fingerprint density at radius 3 is 2.18 bits per heavy atom. The van der Waals surface area contributed by atoms with Gasteiger partial charge in [0.2, 0.25) is 5.91 Å². The highest BCUT2D eigenvalue weighted by Gasteiger charge is 2.10. The number of esters is 1. The van der Waals surface area contributed by atoms with Crippen LogP contribution in [0.15, 0.2) is 36.5 Å². The molecule has 1 N–H and O–H groups in total. The van der Waals surface area contributed by atoms with Crippen molar-refractivity contribution in [2.45, 2.75) is 6.92 Å². The summed E-state index contributed by atoms with van der Waals surface area (Å²) in [5, 5.41) is 2.25. The van der Waals surface area contributed by atoms with Crippen molar-refractivity contribution in [2.24, 2.45) is 0 Å². The maximum Gasteiger partial charge on any atom is 0.359 e. The molecule has 0 aliphatic carbocycles. The van der Waals surface area contributed by atoms with Crippen LogP contribution in [0.5, 0.6) is 11.5 Å². The van der Waals surface area contributed by atoms with Crippen LogP contribution in [0.3, 0.4) is 0 Å². The third-order valence-corrected chi connectivity index (χ3v) is 1.84. The Balaban J connectivity index is 2.61. The van der Waals surface area contributed by atoms with Gasteiger partial charge in [-0.25, -0.2) is 4.79 Å². The molecule has 0 unspecified atom stereocenters. The van der Waals surface area contributed by atoms with Crippen molar-refractivity contribution in [2.75, 3.05) is 7.11 Å². The fourth-order valence-corrected chi connectivity index (χ4v) is 1.08. The lowest BCUT2D eigenvalue weighted by Crippen LogP contribution is -2.26. The third kappa shape index (κ3) is 3.98. The molecule has 1 aromatic rings. The second-order valence-electron chi connectivity index (χ2n) is 3.22. The maximum atomic E-state index is 11.4. The molecule has 17 heavy (non-hydrogen) atoms. The molecule has 0 atom stereocenters. The van der Waals surface area contributed by atoms with Gasteiger partial charge in [0.25, 0.3) is 0 Å². The normalized spacial score (nSPS) is 9.29. The fourth-order valence-electron chi connectivity index (χ4n) is 1.08. The van der Waals surface area contributed by atoms with Crippen molar-refractivity contribution < 1.29 is 19.1 Å². The molecule has 0 aromatic heterocycles. The molecule has 1 aromatic carbocycles. The summed E-state index contributed by atoms with van der Waals surface area (Å²) in [6, 6.07) is 6.48. The van der Waals surface area contributed by atoms with E-state index in [1.807, 2.05) is 0 Å². The molecular weight excluding hydrogens is 222 g/mol. The van der Waals surface area contributed by atoms with Crippen LogP contribution in [0.1, 0.15) is 6.92 Å². The molecule has 0 aliphatic heterocycles. The number of benzene rings is 1. The van der Waals surface area contributed by atoms with Crippen LogP contribution in [-0.4, -0.2) is 19.0 Å². The summed E-state index contributed by atoms with van der Waals surface area (Å²) in [7, 11) is 1.54. The van der Waals surface area contributed by atoms with Gasteiger partial charge in [-0.1, -0.05) is 6.58 Å². The Morgan fingerprint density at radius 2 is 1.71 bits per heavy atom. The average molecular weight is 235 g/mol.